The number of sulfone groups is 1. The number of ether oxygens (including phenoxy) is 1. The van der Waals surface area contributed by atoms with E-state index in [0.717, 1.165) is 0 Å². The molecule has 2 aromatic rings. The monoisotopic (exact) mass is 365 g/mol. The maximum absolute atomic E-state index is 12.3. The molecule has 1 atom stereocenters. The van der Waals surface area contributed by atoms with Gasteiger partial charge in [-0.3, -0.25) is 9.89 Å². The number of aromatic amines is 1. The van der Waals surface area contributed by atoms with Crippen LogP contribution >= 0.6 is 0 Å². The molecule has 1 aromatic heterocycles. The summed E-state index contributed by atoms with van der Waals surface area (Å²) in [7, 11) is -3.09. The van der Waals surface area contributed by atoms with E-state index in [2.05, 4.69) is 10.2 Å². The van der Waals surface area contributed by atoms with Crippen molar-refractivity contribution in [3.8, 4) is 0 Å². The fourth-order valence-electron chi connectivity index (χ4n) is 3.06. The number of carbonyl (C=O) groups is 2. The zero-order valence-electron chi connectivity index (χ0n) is 13.8. The van der Waals surface area contributed by atoms with Gasteiger partial charge in [0.2, 0.25) is 0 Å². The van der Waals surface area contributed by atoms with Gasteiger partial charge in [-0.05, 0) is 19.4 Å². The fourth-order valence-corrected chi connectivity index (χ4v) is 4.79. The third-order valence-electron chi connectivity index (χ3n) is 4.30. The molecule has 0 aliphatic carbocycles. The number of aromatic nitrogens is 2. The number of rotatable bonds is 5. The van der Waals surface area contributed by atoms with Crippen LogP contribution in [-0.4, -0.2) is 66.1 Å². The van der Waals surface area contributed by atoms with Crippen molar-refractivity contribution < 1.29 is 22.7 Å². The van der Waals surface area contributed by atoms with Crippen molar-refractivity contribution in [2.45, 2.75) is 19.4 Å². The second kappa shape index (κ2) is 6.83. The molecular formula is C16H19N3O5S. The summed E-state index contributed by atoms with van der Waals surface area (Å²) >= 11 is 0. The highest BCUT2D eigenvalue weighted by molar-refractivity contribution is 7.91. The Labute approximate surface area is 145 Å². The van der Waals surface area contributed by atoms with E-state index in [1.165, 1.54) is 4.90 Å². The van der Waals surface area contributed by atoms with Crippen LogP contribution in [0.25, 0.3) is 10.9 Å². The third-order valence-corrected chi connectivity index (χ3v) is 6.05. The summed E-state index contributed by atoms with van der Waals surface area (Å²) in [6.45, 7) is 1.69. The Balaban J connectivity index is 1.64. The van der Waals surface area contributed by atoms with Gasteiger partial charge in [0.1, 0.15) is 0 Å². The maximum atomic E-state index is 12.3. The van der Waals surface area contributed by atoms with Crippen molar-refractivity contribution in [2.24, 2.45) is 0 Å². The summed E-state index contributed by atoms with van der Waals surface area (Å²) in [5.74, 6) is -1.05. The molecule has 0 unspecified atom stereocenters. The number of fused-ring (bicyclic) bond motifs is 1. The van der Waals surface area contributed by atoms with Crippen LogP contribution in [0.15, 0.2) is 24.3 Å². The molecule has 25 heavy (non-hydrogen) atoms. The standard InChI is InChI=1S/C16H19N3O5S/c1-2-19(11-7-8-25(22,23)10-11)14(20)9-24-16(21)15-12-5-3-4-6-13(12)17-18-15/h3-6,11H,2,7-10H2,1H3,(H,17,18)/t11-/m1/s1. The number of hydrogen-bond acceptors (Lipinski definition) is 6. The average molecular weight is 365 g/mol. The Kier molecular flexibility index (Phi) is 4.76. The van der Waals surface area contributed by atoms with Gasteiger partial charge in [0.05, 0.1) is 17.0 Å². The van der Waals surface area contributed by atoms with Gasteiger partial charge in [0.15, 0.2) is 22.1 Å². The van der Waals surface area contributed by atoms with Crippen LogP contribution in [0, 0.1) is 0 Å². The molecule has 0 radical (unpaired) electrons. The van der Waals surface area contributed by atoms with Gasteiger partial charge in [-0.1, -0.05) is 18.2 Å². The number of nitrogens with one attached hydrogen (secondary N) is 1. The number of H-pyrrole nitrogens is 1. The zero-order valence-corrected chi connectivity index (χ0v) is 14.6. The van der Waals surface area contributed by atoms with E-state index in [-0.39, 0.29) is 23.2 Å². The van der Waals surface area contributed by atoms with Gasteiger partial charge < -0.3 is 9.64 Å². The van der Waals surface area contributed by atoms with Crippen molar-refractivity contribution in [1.82, 2.24) is 15.1 Å². The minimum absolute atomic E-state index is 0.0372. The van der Waals surface area contributed by atoms with Crippen LogP contribution in [0.4, 0.5) is 0 Å². The predicted octanol–water partition coefficient (Wildman–Crippen LogP) is 0.755. The number of likely N-dealkylation sites (N-methyl/N-ethyl adjacent to an activating group) is 1. The Hall–Kier alpha value is -2.42. The van der Waals surface area contributed by atoms with Gasteiger partial charge in [-0.25, -0.2) is 13.2 Å². The second-order valence-electron chi connectivity index (χ2n) is 5.93. The molecule has 8 nitrogen and oxygen atoms in total. The second-order valence-corrected chi connectivity index (χ2v) is 8.16. The highest BCUT2D eigenvalue weighted by Gasteiger charge is 2.34. The fraction of sp³-hybridized carbons (Fsp3) is 0.438. The van der Waals surface area contributed by atoms with Crippen LogP contribution in [0.5, 0.6) is 0 Å². The van der Waals surface area contributed by atoms with Crippen molar-refractivity contribution >= 4 is 32.6 Å². The number of carbonyl (C=O) groups excluding carboxylic acids is 2. The summed E-state index contributed by atoms with van der Waals surface area (Å²) in [6, 6.07) is 6.75. The summed E-state index contributed by atoms with van der Waals surface area (Å²) in [6.07, 6.45) is 0.417. The quantitative estimate of drug-likeness (QED) is 0.783. The minimum atomic E-state index is -3.09. The Morgan fingerprint density at radius 3 is 2.80 bits per heavy atom. The molecule has 1 amide bonds. The molecule has 1 fully saturated rings. The lowest BCUT2D eigenvalue weighted by Crippen LogP contribution is -2.43. The van der Waals surface area contributed by atoms with Crippen molar-refractivity contribution in [3.63, 3.8) is 0 Å². The van der Waals surface area contributed by atoms with E-state index >= 15 is 0 Å². The average Bonchev–Trinajstić information content (AvgIpc) is 3.16. The topological polar surface area (TPSA) is 109 Å². The molecular weight excluding hydrogens is 346 g/mol. The number of hydrogen-bond donors (Lipinski definition) is 1. The van der Waals surface area contributed by atoms with Crippen molar-refractivity contribution in [2.75, 3.05) is 24.7 Å². The van der Waals surface area contributed by atoms with E-state index in [1.54, 1.807) is 25.1 Å². The summed E-state index contributed by atoms with van der Waals surface area (Å²) < 4.78 is 28.3. The molecule has 0 bridgehead atoms. The van der Waals surface area contributed by atoms with E-state index in [1.807, 2.05) is 6.07 Å². The first kappa shape index (κ1) is 17.4. The molecule has 1 aliphatic rings. The normalized spacial score (nSPS) is 19.0. The van der Waals surface area contributed by atoms with Crippen LogP contribution in [0.3, 0.4) is 0 Å². The van der Waals surface area contributed by atoms with E-state index in [9.17, 15) is 18.0 Å². The minimum Gasteiger partial charge on any atom is -0.451 e. The summed E-state index contributed by atoms with van der Waals surface area (Å²) in [5.41, 5.74) is 0.821. The molecule has 1 aromatic carbocycles. The molecule has 1 N–H and O–H groups in total. The van der Waals surface area contributed by atoms with Crippen LogP contribution in [0.1, 0.15) is 23.8 Å². The van der Waals surface area contributed by atoms with Gasteiger partial charge in [0, 0.05) is 18.0 Å². The van der Waals surface area contributed by atoms with E-state index in [4.69, 9.17) is 4.74 Å². The molecule has 0 saturated carbocycles. The molecule has 3 rings (SSSR count). The molecule has 134 valence electrons. The smallest absolute Gasteiger partial charge is 0.359 e. The van der Waals surface area contributed by atoms with Crippen LogP contribution < -0.4 is 0 Å². The highest BCUT2D eigenvalue weighted by atomic mass is 32.2. The van der Waals surface area contributed by atoms with Gasteiger partial charge in [-0.2, -0.15) is 5.10 Å². The first-order chi connectivity index (χ1) is 11.9. The third kappa shape index (κ3) is 3.65. The Morgan fingerprint density at radius 1 is 1.36 bits per heavy atom. The maximum Gasteiger partial charge on any atom is 0.359 e. The number of esters is 1. The Bertz CT molecular complexity index is 905. The first-order valence-electron chi connectivity index (χ1n) is 8.01. The lowest BCUT2D eigenvalue weighted by Gasteiger charge is -2.26. The molecule has 1 aliphatic heterocycles. The van der Waals surface area contributed by atoms with E-state index in [0.29, 0.717) is 23.9 Å². The zero-order chi connectivity index (χ0) is 18.0. The van der Waals surface area contributed by atoms with Crippen LogP contribution in [-0.2, 0) is 19.4 Å². The van der Waals surface area contributed by atoms with Gasteiger partial charge in [-0.15, -0.1) is 0 Å². The van der Waals surface area contributed by atoms with E-state index < -0.39 is 28.3 Å². The SMILES string of the molecule is CCN(C(=O)COC(=O)c1n[nH]c2ccccc12)[C@@H]1CCS(=O)(=O)C1. The number of nitrogens with zero attached hydrogens (tertiary/aromatic N) is 2. The van der Waals surface area contributed by atoms with Crippen molar-refractivity contribution in [1.29, 1.82) is 0 Å². The largest absolute Gasteiger partial charge is 0.451 e. The lowest BCUT2D eigenvalue weighted by molar-refractivity contribution is -0.136. The summed E-state index contributed by atoms with van der Waals surface area (Å²) in [5, 5.41) is 7.28. The molecule has 1 saturated heterocycles. The van der Waals surface area contributed by atoms with Gasteiger partial charge >= 0.3 is 5.97 Å². The summed E-state index contributed by atoms with van der Waals surface area (Å²) in [4.78, 5) is 26.0. The first-order valence-corrected chi connectivity index (χ1v) is 9.83. The number of para-hydroxylation sites is 1. The highest BCUT2D eigenvalue weighted by Crippen LogP contribution is 2.19. The molecule has 0 spiro atoms. The number of amides is 1. The Morgan fingerprint density at radius 2 is 2.12 bits per heavy atom. The van der Waals surface area contributed by atoms with Gasteiger partial charge in [0.25, 0.3) is 5.91 Å². The molecule has 2 heterocycles. The lowest BCUT2D eigenvalue weighted by atomic mass is 10.2. The van der Waals surface area contributed by atoms with Crippen LogP contribution in [0.2, 0.25) is 0 Å². The molecule has 9 heteroatoms. The van der Waals surface area contributed by atoms with Crippen molar-refractivity contribution in [3.05, 3.63) is 30.0 Å². The number of benzene rings is 1. The predicted molar refractivity (Wildman–Crippen MR) is 90.8 cm³/mol.